The highest BCUT2D eigenvalue weighted by molar-refractivity contribution is 6.04. The van der Waals surface area contributed by atoms with Gasteiger partial charge >= 0.3 is 18.1 Å². The van der Waals surface area contributed by atoms with Gasteiger partial charge in [-0.25, -0.2) is 14.4 Å². The molecule has 2 fully saturated rings. The van der Waals surface area contributed by atoms with Gasteiger partial charge in [0, 0.05) is 6.54 Å². The average molecular weight is 347 g/mol. The molecule has 0 aliphatic carbocycles. The van der Waals surface area contributed by atoms with Crippen molar-refractivity contribution in [2.45, 2.75) is 25.1 Å². The van der Waals surface area contributed by atoms with Crippen LogP contribution >= 0.6 is 0 Å². The van der Waals surface area contributed by atoms with Crippen LogP contribution in [-0.4, -0.2) is 64.1 Å². The molecule has 0 spiro atoms. The fourth-order valence-corrected chi connectivity index (χ4v) is 2.64. The van der Waals surface area contributed by atoms with E-state index in [0.29, 0.717) is 13.0 Å². The Bertz CT molecular complexity index is 707. The Kier molecular flexibility index (Phi) is 4.55. The Morgan fingerprint density at radius 3 is 2.52 bits per heavy atom. The molecule has 25 heavy (non-hydrogen) atoms. The quantitative estimate of drug-likeness (QED) is 0.762. The summed E-state index contributed by atoms with van der Waals surface area (Å²) in [5.74, 6) is -1.66. The van der Waals surface area contributed by atoms with Crippen LogP contribution in [-0.2, 0) is 20.9 Å². The van der Waals surface area contributed by atoms with Gasteiger partial charge in [0.05, 0.1) is 6.54 Å². The molecule has 132 valence electrons. The lowest BCUT2D eigenvalue weighted by Gasteiger charge is -2.44. The van der Waals surface area contributed by atoms with Crippen molar-refractivity contribution in [3.05, 3.63) is 35.9 Å². The number of amides is 4. The van der Waals surface area contributed by atoms with Crippen molar-refractivity contribution in [1.29, 1.82) is 0 Å². The molecule has 1 aromatic carbocycles. The van der Waals surface area contributed by atoms with E-state index in [1.165, 1.54) is 0 Å². The molecule has 0 radical (unpaired) electrons. The summed E-state index contributed by atoms with van der Waals surface area (Å²) in [4.78, 5) is 48.8. The number of nitrogens with one attached hydrogen (secondary N) is 1. The minimum Gasteiger partial charge on any atom is -0.480 e. The number of ether oxygens (including phenoxy) is 1. The van der Waals surface area contributed by atoms with E-state index in [1.807, 2.05) is 18.2 Å². The summed E-state index contributed by atoms with van der Waals surface area (Å²) in [6.07, 6.45) is -0.377. The number of likely N-dealkylation sites (tertiary alicyclic amines) is 2. The normalized spacial score (nSPS) is 21.8. The molecule has 9 heteroatoms. The number of β-lactam (4-membered cyclic amide) rings is 1. The molecule has 0 bridgehead atoms. The summed E-state index contributed by atoms with van der Waals surface area (Å²) in [6, 6.07) is 6.71. The molecule has 2 aliphatic rings. The average Bonchev–Trinajstić information content (AvgIpc) is 2.55. The van der Waals surface area contributed by atoms with Gasteiger partial charge in [-0.3, -0.25) is 9.69 Å². The summed E-state index contributed by atoms with van der Waals surface area (Å²) in [5, 5.41) is 11.3. The van der Waals surface area contributed by atoms with E-state index in [1.54, 1.807) is 12.1 Å². The molecule has 0 saturated carbocycles. The standard InChI is InChI=1S/C16H17N3O6/c20-13-11(17-15(23)25-9-10-4-2-1-3-5-10)8-19(13)16(24)18-7-6-12(18)14(21)22/h1-5,11-12H,6-9H2,(H,17,23)(H,21,22)/t11-,12-/m0/s1. The van der Waals surface area contributed by atoms with Crippen LogP contribution in [0.3, 0.4) is 0 Å². The maximum absolute atomic E-state index is 12.1. The van der Waals surface area contributed by atoms with Crippen LogP contribution in [0.1, 0.15) is 12.0 Å². The predicted molar refractivity (Wildman–Crippen MR) is 83.4 cm³/mol. The second-order valence-corrected chi connectivity index (χ2v) is 5.83. The monoisotopic (exact) mass is 347 g/mol. The van der Waals surface area contributed by atoms with Gasteiger partial charge in [0.1, 0.15) is 18.7 Å². The zero-order valence-electron chi connectivity index (χ0n) is 13.3. The number of carbonyl (C=O) groups is 4. The maximum atomic E-state index is 12.1. The third kappa shape index (κ3) is 3.39. The lowest BCUT2D eigenvalue weighted by Crippen LogP contribution is -2.70. The predicted octanol–water partition coefficient (Wildman–Crippen LogP) is 0.403. The molecule has 0 aromatic heterocycles. The lowest BCUT2D eigenvalue weighted by atomic mass is 10.0. The van der Waals surface area contributed by atoms with Crippen molar-refractivity contribution in [2.24, 2.45) is 0 Å². The van der Waals surface area contributed by atoms with Crippen molar-refractivity contribution in [3.8, 4) is 0 Å². The van der Waals surface area contributed by atoms with Gasteiger partial charge in [-0.05, 0) is 12.0 Å². The summed E-state index contributed by atoms with van der Waals surface area (Å²) in [6.45, 7) is 0.377. The highest BCUT2D eigenvalue weighted by Gasteiger charge is 2.48. The van der Waals surface area contributed by atoms with Gasteiger partial charge in [-0.2, -0.15) is 0 Å². The van der Waals surface area contributed by atoms with Crippen LogP contribution in [0.2, 0.25) is 0 Å². The minimum absolute atomic E-state index is 0.000935. The Hall–Kier alpha value is -3.10. The molecule has 3 rings (SSSR count). The zero-order chi connectivity index (χ0) is 18.0. The summed E-state index contributed by atoms with van der Waals surface area (Å²) in [7, 11) is 0. The van der Waals surface area contributed by atoms with E-state index in [2.05, 4.69) is 5.32 Å². The number of alkyl carbamates (subject to hydrolysis) is 1. The summed E-state index contributed by atoms with van der Waals surface area (Å²) < 4.78 is 5.01. The van der Waals surface area contributed by atoms with E-state index in [0.717, 1.165) is 15.4 Å². The van der Waals surface area contributed by atoms with Crippen molar-refractivity contribution in [2.75, 3.05) is 13.1 Å². The fourth-order valence-electron chi connectivity index (χ4n) is 2.64. The van der Waals surface area contributed by atoms with Gasteiger partial charge in [0.15, 0.2) is 0 Å². The third-order valence-electron chi connectivity index (χ3n) is 4.22. The number of carboxylic acid groups (broad SMARTS) is 1. The highest BCUT2D eigenvalue weighted by atomic mass is 16.5. The van der Waals surface area contributed by atoms with Crippen LogP contribution < -0.4 is 5.32 Å². The first kappa shape index (κ1) is 16.7. The molecule has 9 nitrogen and oxygen atoms in total. The molecule has 0 unspecified atom stereocenters. The SMILES string of the molecule is O=C(N[C@H]1CN(C(=O)N2CC[C@H]2C(=O)O)C1=O)OCc1ccccc1. The topological polar surface area (TPSA) is 116 Å². The van der Waals surface area contributed by atoms with E-state index in [4.69, 9.17) is 9.84 Å². The molecule has 2 heterocycles. The number of imide groups is 1. The maximum Gasteiger partial charge on any atom is 0.408 e. The van der Waals surface area contributed by atoms with Crippen LogP contribution in [0, 0.1) is 0 Å². The van der Waals surface area contributed by atoms with Crippen molar-refractivity contribution < 1.29 is 29.0 Å². The van der Waals surface area contributed by atoms with Gasteiger partial charge < -0.3 is 20.1 Å². The van der Waals surface area contributed by atoms with E-state index >= 15 is 0 Å². The number of benzene rings is 1. The van der Waals surface area contributed by atoms with Crippen molar-refractivity contribution >= 4 is 24.0 Å². The lowest BCUT2D eigenvalue weighted by molar-refractivity contribution is -0.149. The minimum atomic E-state index is -1.09. The number of carbonyl (C=O) groups excluding carboxylic acids is 3. The molecular weight excluding hydrogens is 330 g/mol. The Morgan fingerprint density at radius 1 is 1.24 bits per heavy atom. The molecule has 4 amide bonds. The fraction of sp³-hybridized carbons (Fsp3) is 0.375. The number of aliphatic carboxylic acids is 1. The van der Waals surface area contributed by atoms with E-state index in [-0.39, 0.29) is 13.2 Å². The molecule has 2 atom stereocenters. The first-order valence-electron chi connectivity index (χ1n) is 7.79. The highest BCUT2D eigenvalue weighted by Crippen LogP contribution is 2.23. The second-order valence-electron chi connectivity index (χ2n) is 5.83. The van der Waals surface area contributed by atoms with E-state index < -0.39 is 36.1 Å². The van der Waals surface area contributed by atoms with Gasteiger partial charge in [0.25, 0.3) is 5.91 Å². The Morgan fingerprint density at radius 2 is 1.96 bits per heavy atom. The molecule has 1 aromatic rings. The second kappa shape index (κ2) is 6.80. The zero-order valence-corrected chi connectivity index (χ0v) is 13.3. The van der Waals surface area contributed by atoms with Crippen LogP contribution in [0.5, 0.6) is 0 Å². The third-order valence-corrected chi connectivity index (χ3v) is 4.22. The summed E-state index contributed by atoms with van der Waals surface area (Å²) >= 11 is 0. The van der Waals surface area contributed by atoms with Gasteiger partial charge in [-0.1, -0.05) is 30.3 Å². The van der Waals surface area contributed by atoms with Crippen molar-refractivity contribution in [3.63, 3.8) is 0 Å². The number of carboxylic acids is 1. The van der Waals surface area contributed by atoms with E-state index in [9.17, 15) is 19.2 Å². The Labute approximate surface area is 143 Å². The number of urea groups is 1. The number of hydrogen-bond acceptors (Lipinski definition) is 5. The largest absolute Gasteiger partial charge is 0.480 e. The van der Waals surface area contributed by atoms with Gasteiger partial charge in [-0.15, -0.1) is 0 Å². The number of rotatable bonds is 4. The van der Waals surface area contributed by atoms with Gasteiger partial charge in [0.2, 0.25) is 0 Å². The number of nitrogens with zero attached hydrogens (tertiary/aromatic N) is 2. The first-order valence-corrected chi connectivity index (χ1v) is 7.79. The molecule has 2 saturated heterocycles. The smallest absolute Gasteiger partial charge is 0.408 e. The molecule has 2 aliphatic heterocycles. The molecule has 2 N–H and O–H groups in total. The van der Waals surface area contributed by atoms with Crippen LogP contribution in [0.4, 0.5) is 9.59 Å². The van der Waals surface area contributed by atoms with Crippen LogP contribution in [0.25, 0.3) is 0 Å². The first-order chi connectivity index (χ1) is 12.0. The van der Waals surface area contributed by atoms with Crippen molar-refractivity contribution in [1.82, 2.24) is 15.1 Å². The summed E-state index contributed by atoms with van der Waals surface area (Å²) in [5.41, 5.74) is 0.812. The van der Waals surface area contributed by atoms with Crippen LogP contribution in [0.15, 0.2) is 30.3 Å². The number of hydrogen-bond donors (Lipinski definition) is 2. The Balaban J connectivity index is 1.44. The molecular formula is C16H17N3O6.